The third-order valence-corrected chi connectivity index (χ3v) is 3.18. The summed E-state index contributed by atoms with van der Waals surface area (Å²) >= 11 is 0. The van der Waals surface area contributed by atoms with Gasteiger partial charge in [0.15, 0.2) is 0 Å². The van der Waals surface area contributed by atoms with Gasteiger partial charge in [0.1, 0.15) is 5.82 Å². The number of benzene rings is 1. The molecule has 0 fully saturated rings. The molecule has 22 heavy (non-hydrogen) atoms. The Morgan fingerprint density at radius 2 is 1.64 bits per heavy atom. The molecule has 0 radical (unpaired) electrons. The smallest absolute Gasteiger partial charge is 0.308 e. The zero-order valence-corrected chi connectivity index (χ0v) is 12.9. The van der Waals surface area contributed by atoms with E-state index < -0.39 is 16.1 Å². The van der Waals surface area contributed by atoms with Gasteiger partial charge in [-0.1, -0.05) is 6.07 Å². The van der Waals surface area contributed by atoms with Gasteiger partial charge in [0.25, 0.3) is 0 Å². The summed E-state index contributed by atoms with van der Waals surface area (Å²) in [6, 6.07) is 11.2. The number of nitrogens with one attached hydrogen (secondary N) is 3. The molecule has 116 valence electrons. The molecule has 0 atom stereocenters. The van der Waals surface area contributed by atoms with Gasteiger partial charge in [-0.05, 0) is 43.3 Å². The molecule has 1 heterocycles. The number of pyridine rings is 1. The van der Waals surface area contributed by atoms with E-state index in [0.717, 1.165) is 11.9 Å². The van der Waals surface area contributed by atoms with Gasteiger partial charge in [-0.15, -0.1) is 0 Å². The second-order valence-corrected chi connectivity index (χ2v) is 6.44. The minimum atomic E-state index is -3.32. The molecule has 0 saturated carbocycles. The fraction of sp³-hybridized carbons (Fsp3) is 0.143. The SMILES string of the molecule is Cc1cccc(NC(=O)Nc2ccc(NS(C)(=O)=O)cc2)n1. The van der Waals surface area contributed by atoms with Crippen molar-refractivity contribution in [2.75, 3.05) is 21.6 Å². The molecule has 1 aromatic heterocycles. The lowest BCUT2D eigenvalue weighted by Crippen LogP contribution is -2.20. The summed E-state index contributed by atoms with van der Waals surface area (Å²) in [4.78, 5) is 16.0. The lowest BCUT2D eigenvalue weighted by molar-refractivity contribution is 0.262. The molecule has 1 aromatic carbocycles. The normalized spacial score (nSPS) is 10.8. The first-order chi connectivity index (χ1) is 10.3. The number of rotatable bonds is 4. The molecule has 0 bridgehead atoms. The van der Waals surface area contributed by atoms with Crippen molar-refractivity contribution in [3.63, 3.8) is 0 Å². The number of hydrogen-bond donors (Lipinski definition) is 3. The maximum Gasteiger partial charge on any atom is 0.324 e. The number of anilines is 3. The van der Waals surface area contributed by atoms with Gasteiger partial charge in [-0.2, -0.15) is 0 Å². The second kappa shape index (κ2) is 6.44. The third kappa shape index (κ3) is 5.06. The van der Waals surface area contributed by atoms with Crippen LogP contribution in [0.4, 0.5) is 22.0 Å². The molecular formula is C14H16N4O3S. The van der Waals surface area contributed by atoms with Crippen molar-refractivity contribution < 1.29 is 13.2 Å². The minimum Gasteiger partial charge on any atom is -0.308 e. The topological polar surface area (TPSA) is 100 Å². The van der Waals surface area contributed by atoms with Crippen molar-refractivity contribution in [2.45, 2.75) is 6.92 Å². The first-order valence-electron chi connectivity index (χ1n) is 6.41. The highest BCUT2D eigenvalue weighted by atomic mass is 32.2. The zero-order valence-electron chi connectivity index (χ0n) is 12.1. The Hall–Kier alpha value is -2.61. The molecule has 0 spiro atoms. The number of carbonyl (C=O) groups excluding carboxylic acids is 1. The molecule has 0 aliphatic rings. The van der Waals surface area contributed by atoms with Crippen LogP contribution in [0.2, 0.25) is 0 Å². The Morgan fingerprint density at radius 1 is 1.00 bits per heavy atom. The molecule has 0 unspecified atom stereocenters. The average molecular weight is 320 g/mol. The van der Waals surface area contributed by atoms with E-state index in [0.29, 0.717) is 17.2 Å². The third-order valence-electron chi connectivity index (χ3n) is 2.58. The van der Waals surface area contributed by atoms with Crippen LogP contribution in [0.3, 0.4) is 0 Å². The van der Waals surface area contributed by atoms with E-state index in [9.17, 15) is 13.2 Å². The average Bonchev–Trinajstić information content (AvgIpc) is 2.39. The number of aromatic nitrogens is 1. The molecule has 0 saturated heterocycles. The first kappa shape index (κ1) is 15.8. The molecule has 3 N–H and O–H groups in total. The molecule has 2 rings (SSSR count). The van der Waals surface area contributed by atoms with Crippen molar-refractivity contribution in [3.05, 3.63) is 48.2 Å². The highest BCUT2D eigenvalue weighted by Crippen LogP contribution is 2.15. The van der Waals surface area contributed by atoms with E-state index in [2.05, 4.69) is 20.3 Å². The Bertz CT molecular complexity index is 773. The van der Waals surface area contributed by atoms with Crippen LogP contribution in [0.15, 0.2) is 42.5 Å². The number of hydrogen-bond acceptors (Lipinski definition) is 4. The zero-order chi connectivity index (χ0) is 16.2. The summed E-state index contributed by atoms with van der Waals surface area (Å²) in [6.45, 7) is 1.83. The summed E-state index contributed by atoms with van der Waals surface area (Å²) < 4.78 is 24.5. The highest BCUT2D eigenvalue weighted by molar-refractivity contribution is 7.92. The van der Waals surface area contributed by atoms with Crippen molar-refractivity contribution in [2.24, 2.45) is 0 Å². The number of carbonyl (C=O) groups is 1. The fourth-order valence-electron chi connectivity index (χ4n) is 1.73. The van der Waals surface area contributed by atoms with Crippen LogP contribution >= 0.6 is 0 Å². The number of urea groups is 1. The number of sulfonamides is 1. The van der Waals surface area contributed by atoms with Crippen LogP contribution in [0.25, 0.3) is 0 Å². The number of nitrogens with zero attached hydrogens (tertiary/aromatic N) is 1. The molecule has 7 nitrogen and oxygen atoms in total. The molecule has 0 aliphatic carbocycles. The van der Waals surface area contributed by atoms with Crippen molar-refractivity contribution in [1.29, 1.82) is 0 Å². The maximum absolute atomic E-state index is 11.8. The Morgan fingerprint density at radius 3 is 2.23 bits per heavy atom. The van der Waals surface area contributed by atoms with E-state index in [1.54, 1.807) is 36.4 Å². The largest absolute Gasteiger partial charge is 0.324 e. The van der Waals surface area contributed by atoms with Crippen molar-refractivity contribution >= 4 is 33.2 Å². The lowest BCUT2D eigenvalue weighted by atomic mass is 10.3. The predicted octanol–water partition coefficient (Wildman–Crippen LogP) is 2.41. The summed E-state index contributed by atoms with van der Waals surface area (Å²) in [5.74, 6) is 0.452. The summed E-state index contributed by atoms with van der Waals surface area (Å²) in [5.41, 5.74) is 1.76. The summed E-state index contributed by atoms with van der Waals surface area (Å²) in [5, 5.41) is 5.24. The van der Waals surface area contributed by atoms with Crippen LogP contribution < -0.4 is 15.4 Å². The molecule has 2 aromatic rings. The van der Waals surface area contributed by atoms with Crippen LogP contribution in [0.1, 0.15) is 5.69 Å². The van der Waals surface area contributed by atoms with Gasteiger partial charge in [-0.3, -0.25) is 10.0 Å². The second-order valence-electron chi connectivity index (χ2n) is 4.69. The number of amides is 2. The van der Waals surface area contributed by atoms with Crippen LogP contribution in [0.5, 0.6) is 0 Å². The van der Waals surface area contributed by atoms with E-state index in [4.69, 9.17) is 0 Å². The van der Waals surface area contributed by atoms with Gasteiger partial charge in [0.2, 0.25) is 10.0 Å². The predicted molar refractivity (Wildman–Crippen MR) is 86.5 cm³/mol. The van der Waals surface area contributed by atoms with E-state index in [-0.39, 0.29) is 0 Å². The van der Waals surface area contributed by atoms with Crippen molar-refractivity contribution in [1.82, 2.24) is 4.98 Å². The fourth-order valence-corrected chi connectivity index (χ4v) is 2.29. The first-order valence-corrected chi connectivity index (χ1v) is 8.30. The minimum absolute atomic E-state index is 0.425. The summed E-state index contributed by atoms with van der Waals surface area (Å²) in [6.07, 6.45) is 1.07. The molecule has 8 heteroatoms. The molecule has 0 aliphatic heterocycles. The summed E-state index contributed by atoms with van der Waals surface area (Å²) in [7, 11) is -3.32. The lowest BCUT2D eigenvalue weighted by Gasteiger charge is -2.08. The maximum atomic E-state index is 11.8. The Kier molecular flexibility index (Phi) is 4.62. The van der Waals surface area contributed by atoms with Crippen LogP contribution in [-0.2, 0) is 10.0 Å². The van der Waals surface area contributed by atoms with E-state index in [1.807, 2.05) is 13.0 Å². The Labute approximate surface area is 128 Å². The van der Waals surface area contributed by atoms with Crippen LogP contribution in [0, 0.1) is 6.92 Å². The standard InChI is InChI=1S/C14H16N4O3S/c1-10-4-3-5-13(15-10)17-14(19)16-11-6-8-12(9-7-11)18-22(2,20)21/h3-9,18H,1-2H3,(H2,15,16,17,19). The highest BCUT2D eigenvalue weighted by Gasteiger charge is 2.05. The Balaban J connectivity index is 1.97. The monoisotopic (exact) mass is 320 g/mol. The van der Waals surface area contributed by atoms with Crippen LogP contribution in [-0.4, -0.2) is 25.7 Å². The molecule has 2 amide bonds. The van der Waals surface area contributed by atoms with Gasteiger partial charge in [0.05, 0.1) is 6.26 Å². The quantitative estimate of drug-likeness (QED) is 0.805. The van der Waals surface area contributed by atoms with Gasteiger partial charge >= 0.3 is 6.03 Å². The molecular weight excluding hydrogens is 304 g/mol. The van der Waals surface area contributed by atoms with E-state index in [1.165, 1.54) is 0 Å². The van der Waals surface area contributed by atoms with Gasteiger partial charge in [-0.25, -0.2) is 18.2 Å². The van der Waals surface area contributed by atoms with Gasteiger partial charge < -0.3 is 5.32 Å². The number of aryl methyl sites for hydroxylation is 1. The van der Waals surface area contributed by atoms with E-state index >= 15 is 0 Å². The van der Waals surface area contributed by atoms with Gasteiger partial charge in [0, 0.05) is 17.1 Å². The van der Waals surface area contributed by atoms with Crippen molar-refractivity contribution in [3.8, 4) is 0 Å².